The van der Waals surface area contributed by atoms with Gasteiger partial charge in [-0.3, -0.25) is 9.59 Å². The zero-order chi connectivity index (χ0) is 18.6. The number of rotatable bonds is 6. The first-order valence-corrected chi connectivity index (χ1v) is 9.41. The number of carboxylic acids is 1. The maximum atomic E-state index is 12.4. The molecule has 138 valence electrons. The van der Waals surface area contributed by atoms with Crippen LogP contribution in [0.3, 0.4) is 0 Å². The van der Waals surface area contributed by atoms with Crippen molar-refractivity contribution in [3.63, 3.8) is 0 Å². The van der Waals surface area contributed by atoms with Gasteiger partial charge in [0.2, 0.25) is 11.8 Å². The van der Waals surface area contributed by atoms with Gasteiger partial charge in [-0.05, 0) is 26.2 Å². The van der Waals surface area contributed by atoms with Gasteiger partial charge in [-0.25, -0.2) is 9.78 Å². The Labute approximate surface area is 151 Å². The van der Waals surface area contributed by atoms with Crippen molar-refractivity contribution >= 4 is 29.1 Å². The molecule has 0 saturated carbocycles. The lowest BCUT2D eigenvalue weighted by Crippen LogP contribution is -2.46. The number of likely N-dealkylation sites (tertiary alicyclic amines) is 1. The van der Waals surface area contributed by atoms with Gasteiger partial charge in [-0.1, -0.05) is 13.8 Å². The number of aromatic nitrogens is 1. The summed E-state index contributed by atoms with van der Waals surface area (Å²) in [7, 11) is 0. The minimum absolute atomic E-state index is 0.0189. The summed E-state index contributed by atoms with van der Waals surface area (Å²) < 4.78 is 0. The van der Waals surface area contributed by atoms with Gasteiger partial charge in [0.05, 0.1) is 18.2 Å². The van der Waals surface area contributed by atoms with Crippen LogP contribution in [0, 0.1) is 18.8 Å². The first-order chi connectivity index (χ1) is 11.8. The van der Waals surface area contributed by atoms with Crippen LogP contribution in [-0.4, -0.2) is 45.9 Å². The number of piperidine rings is 1. The molecule has 2 rings (SSSR count). The molecule has 0 spiro atoms. The van der Waals surface area contributed by atoms with Crippen molar-refractivity contribution in [2.75, 3.05) is 13.1 Å². The van der Waals surface area contributed by atoms with Crippen molar-refractivity contribution in [3.05, 3.63) is 15.6 Å². The number of thiazole rings is 1. The number of carbonyl (C=O) groups excluding carboxylic acids is 2. The number of carbonyl (C=O) groups is 3. The Kier molecular flexibility index (Phi) is 6.52. The largest absolute Gasteiger partial charge is 0.477 e. The van der Waals surface area contributed by atoms with E-state index >= 15 is 0 Å². The maximum absolute atomic E-state index is 12.4. The lowest BCUT2D eigenvalue weighted by atomic mass is 9.95. The molecule has 1 aromatic rings. The zero-order valence-corrected chi connectivity index (χ0v) is 15.7. The fraction of sp³-hybridized carbons (Fsp3) is 0.647. The fourth-order valence-corrected chi connectivity index (χ4v) is 3.75. The van der Waals surface area contributed by atoms with Crippen LogP contribution in [0.4, 0.5) is 0 Å². The van der Waals surface area contributed by atoms with E-state index in [2.05, 4.69) is 10.3 Å². The molecule has 7 nitrogen and oxygen atoms in total. The summed E-state index contributed by atoms with van der Waals surface area (Å²) in [6.07, 6.45) is 2.37. The topological polar surface area (TPSA) is 99.6 Å². The highest BCUT2D eigenvalue weighted by atomic mass is 32.1. The van der Waals surface area contributed by atoms with Crippen LogP contribution < -0.4 is 5.32 Å². The van der Waals surface area contributed by atoms with Crippen molar-refractivity contribution in [3.8, 4) is 0 Å². The Balaban J connectivity index is 1.91. The molecule has 2 amide bonds. The lowest BCUT2D eigenvalue weighted by Gasteiger charge is -2.33. The van der Waals surface area contributed by atoms with E-state index in [1.807, 2.05) is 13.8 Å². The van der Waals surface area contributed by atoms with Gasteiger partial charge in [0.25, 0.3) is 0 Å². The Hall–Kier alpha value is -1.96. The third-order valence-corrected chi connectivity index (χ3v) is 5.73. The second-order valence-corrected chi connectivity index (χ2v) is 7.56. The van der Waals surface area contributed by atoms with Gasteiger partial charge < -0.3 is 15.3 Å². The average molecular weight is 367 g/mol. The lowest BCUT2D eigenvalue weighted by molar-refractivity contribution is -0.139. The summed E-state index contributed by atoms with van der Waals surface area (Å²) >= 11 is 1.08. The molecular weight excluding hydrogens is 342 g/mol. The highest BCUT2D eigenvalue weighted by Gasteiger charge is 2.30. The molecule has 8 heteroatoms. The van der Waals surface area contributed by atoms with Gasteiger partial charge in [0.1, 0.15) is 9.88 Å². The first-order valence-electron chi connectivity index (χ1n) is 8.59. The Morgan fingerprint density at radius 2 is 2.16 bits per heavy atom. The standard InChI is InChI=1S/C17H25N3O4S/c1-4-10(2)16(22)20-7-5-6-12(9-20)15(21)18-8-13-19-11(3)14(25-13)17(23)24/h10,12H,4-9H2,1-3H3,(H,18,21)(H,23,24). The summed E-state index contributed by atoms with van der Waals surface area (Å²) in [5, 5.41) is 12.5. The van der Waals surface area contributed by atoms with Gasteiger partial charge in [0.15, 0.2) is 0 Å². The van der Waals surface area contributed by atoms with Crippen LogP contribution in [0.15, 0.2) is 0 Å². The monoisotopic (exact) mass is 367 g/mol. The van der Waals surface area contributed by atoms with E-state index in [1.165, 1.54) is 0 Å². The Bertz CT molecular complexity index is 658. The average Bonchev–Trinajstić information content (AvgIpc) is 2.99. The van der Waals surface area contributed by atoms with Crippen LogP contribution in [-0.2, 0) is 16.1 Å². The third-order valence-electron chi connectivity index (χ3n) is 4.59. The zero-order valence-electron chi connectivity index (χ0n) is 14.9. The SMILES string of the molecule is CCC(C)C(=O)N1CCCC(C(=O)NCc2nc(C)c(C(=O)O)s2)C1. The van der Waals surface area contributed by atoms with Crippen molar-refractivity contribution in [2.24, 2.45) is 11.8 Å². The number of aromatic carboxylic acids is 1. The molecule has 1 saturated heterocycles. The fourth-order valence-electron chi connectivity index (χ4n) is 2.91. The minimum atomic E-state index is -1.00. The molecule has 0 radical (unpaired) electrons. The molecule has 2 unspecified atom stereocenters. The van der Waals surface area contributed by atoms with E-state index < -0.39 is 5.97 Å². The summed E-state index contributed by atoms with van der Waals surface area (Å²) in [6.45, 7) is 6.92. The Morgan fingerprint density at radius 1 is 1.44 bits per heavy atom. The normalized spacial score (nSPS) is 18.7. The van der Waals surface area contributed by atoms with Crippen LogP contribution in [0.25, 0.3) is 0 Å². The van der Waals surface area contributed by atoms with E-state index in [-0.39, 0.29) is 35.1 Å². The maximum Gasteiger partial charge on any atom is 0.347 e. The number of nitrogens with one attached hydrogen (secondary N) is 1. The van der Waals surface area contributed by atoms with E-state index in [4.69, 9.17) is 5.11 Å². The van der Waals surface area contributed by atoms with E-state index in [1.54, 1.807) is 11.8 Å². The van der Waals surface area contributed by atoms with Crippen LogP contribution in [0.2, 0.25) is 0 Å². The van der Waals surface area contributed by atoms with Crippen molar-refractivity contribution in [1.29, 1.82) is 0 Å². The number of aryl methyl sites for hydroxylation is 1. The van der Waals surface area contributed by atoms with Gasteiger partial charge in [-0.15, -0.1) is 11.3 Å². The van der Waals surface area contributed by atoms with Crippen LogP contribution >= 0.6 is 11.3 Å². The molecule has 0 bridgehead atoms. The summed E-state index contributed by atoms with van der Waals surface area (Å²) in [5.74, 6) is -1.23. The van der Waals surface area contributed by atoms with Crippen molar-refractivity contribution in [1.82, 2.24) is 15.2 Å². The second kappa shape index (κ2) is 8.42. The van der Waals surface area contributed by atoms with Gasteiger partial charge >= 0.3 is 5.97 Å². The number of amides is 2. The molecular formula is C17H25N3O4S. The predicted molar refractivity (Wildman–Crippen MR) is 94.4 cm³/mol. The summed E-state index contributed by atoms with van der Waals surface area (Å²) in [4.78, 5) is 41.9. The molecule has 25 heavy (non-hydrogen) atoms. The number of carboxylic acid groups (broad SMARTS) is 1. The second-order valence-electron chi connectivity index (χ2n) is 6.48. The number of hydrogen-bond acceptors (Lipinski definition) is 5. The Morgan fingerprint density at radius 3 is 2.76 bits per heavy atom. The molecule has 0 aromatic carbocycles. The molecule has 0 aliphatic carbocycles. The molecule has 1 fully saturated rings. The summed E-state index contributed by atoms with van der Waals surface area (Å²) in [6, 6.07) is 0. The highest BCUT2D eigenvalue weighted by molar-refractivity contribution is 7.13. The quantitative estimate of drug-likeness (QED) is 0.802. The predicted octanol–water partition coefficient (Wildman–Crippen LogP) is 2.05. The van der Waals surface area contributed by atoms with E-state index in [0.29, 0.717) is 23.8 Å². The number of hydrogen-bond donors (Lipinski definition) is 2. The van der Waals surface area contributed by atoms with Gasteiger partial charge in [0, 0.05) is 19.0 Å². The highest BCUT2D eigenvalue weighted by Crippen LogP contribution is 2.21. The van der Waals surface area contributed by atoms with Gasteiger partial charge in [-0.2, -0.15) is 0 Å². The minimum Gasteiger partial charge on any atom is -0.477 e. The van der Waals surface area contributed by atoms with E-state index in [9.17, 15) is 14.4 Å². The smallest absolute Gasteiger partial charge is 0.347 e. The van der Waals surface area contributed by atoms with Crippen LogP contribution in [0.5, 0.6) is 0 Å². The van der Waals surface area contributed by atoms with Crippen LogP contribution in [0.1, 0.15) is 53.5 Å². The van der Waals surface area contributed by atoms with Crippen molar-refractivity contribution in [2.45, 2.75) is 46.6 Å². The molecule has 1 aliphatic heterocycles. The van der Waals surface area contributed by atoms with Crippen molar-refractivity contribution < 1.29 is 19.5 Å². The summed E-state index contributed by atoms with van der Waals surface area (Å²) in [5.41, 5.74) is 0.463. The molecule has 2 heterocycles. The number of nitrogens with zero attached hydrogens (tertiary/aromatic N) is 2. The molecule has 2 N–H and O–H groups in total. The van der Waals surface area contributed by atoms with E-state index in [0.717, 1.165) is 30.6 Å². The first kappa shape index (κ1) is 19.4. The molecule has 2 atom stereocenters. The molecule has 1 aromatic heterocycles. The third kappa shape index (κ3) is 4.78. The molecule has 1 aliphatic rings.